The highest BCUT2D eigenvalue weighted by Crippen LogP contribution is 2.27. The highest BCUT2D eigenvalue weighted by atomic mass is 32.2. The van der Waals surface area contributed by atoms with Crippen LogP contribution in [-0.2, 0) is 27.5 Å². The van der Waals surface area contributed by atoms with Crippen LogP contribution in [-0.4, -0.2) is 45.0 Å². The lowest BCUT2D eigenvalue weighted by Crippen LogP contribution is -2.14. The molecule has 1 N–H and O–H groups in total. The van der Waals surface area contributed by atoms with Gasteiger partial charge in [0.25, 0.3) is 0 Å². The van der Waals surface area contributed by atoms with Gasteiger partial charge in [0, 0.05) is 6.26 Å². The molecule has 0 bridgehead atoms. The van der Waals surface area contributed by atoms with E-state index in [9.17, 15) is 13.2 Å². The van der Waals surface area contributed by atoms with Gasteiger partial charge in [-0.05, 0) is 35.4 Å². The summed E-state index contributed by atoms with van der Waals surface area (Å²) in [6.45, 7) is 0. The first-order valence-corrected chi connectivity index (χ1v) is 10.8. The monoisotopic (exact) mass is 431 g/mol. The minimum absolute atomic E-state index is 0.0109. The third-order valence-corrected chi connectivity index (χ3v) is 5.36. The van der Waals surface area contributed by atoms with Crippen molar-refractivity contribution in [3.05, 3.63) is 59.5 Å². The highest BCUT2D eigenvalue weighted by molar-refractivity contribution is 7.90. The molecule has 3 aromatic rings. The maximum absolute atomic E-state index is 12.3. The molecule has 0 unspecified atom stereocenters. The summed E-state index contributed by atoms with van der Waals surface area (Å²) in [4.78, 5) is 12.5. The van der Waals surface area contributed by atoms with Crippen LogP contribution < -0.4 is 14.8 Å². The van der Waals surface area contributed by atoms with Gasteiger partial charge in [0.1, 0.15) is 0 Å². The Bertz CT molecular complexity index is 1140. The molecule has 0 saturated heterocycles. The van der Waals surface area contributed by atoms with Crippen LogP contribution in [0.5, 0.6) is 11.5 Å². The van der Waals surface area contributed by atoms with Crippen LogP contribution in [0.1, 0.15) is 17.0 Å². The van der Waals surface area contributed by atoms with E-state index in [2.05, 4.69) is 15.5 Å². The van der Waals surface area contributed by atoms with Crippen molar-refractivity contribution in [3.63, 3.8) is 0 Å². The summed E-state index contributed by atoms with van der Waals surface area (Å²) in [6, 6.07) is 11.6. The van der Waals surface area contributed by atoms with Crippen LogP contribution >= 0.6 is 0 Å². The maximum atomic E-state index is 12.3. The lowest BCUT2D eigenvalue weighted by molar-refractivity contribution is -0.115. The molecule has 0 fully saturated rings. The number of aromatic nitrogens is 2. The first-order valence-electron chi connectivity index (χ1n) is 8.90. The molecule has 1 aromatic heterocycles. The number of amides is 1. The Kier molecular flexibility index (Phi) is 6.36. The number of benzene rings is 2. The zero-order valence-electron chi connectivity index (χ0n) is 16.7. The molecule has 0 spiro atoms. The standard InChI is InChI=1S/C20H21N3O6S/c1-27-16-9-6-14(10-17(16)28-2)11-18(24)21-20-23-22-19(29-20)12-13-4-7-15(8-5-13)30(3,25)26/h4-10H,11-12H2,1-3H3,(H,21,23,24). The number of hydrogen-bond acceptors (Lipinski definition) is 8. The van der Waals surface area contributed by atoms with Crippen molar-refractivity contribution in [3.8, 4) is 11.5 Å². The second-order valence-electron chi connectivity index (χ2n) is 6.51. The van der Waals surface area contributed by atoms with Crippen molar-refractivity contribution >= 4 is 21.8 Å². The fourth-order valence-electron chi connectivity index (χ4n) is 2.74. The number of carbonyl (C=O) groups is 1. The predicted octanol–water partition coefficient (Wildman–Crippen LogP) is 2.26. The van der Waals surface area contributed by atoms with Gasteiger partial charge >= 0.3 is 6.01 Å². The molecule has 10 heteroatoms. The Morgan fingerprint density at radius 1 is 1.00 bits per heavy atom. The molecule has 0 aliphatic heterocycles. The number of hydrogen-bond donors (Lipinski definition) is 1. The number of rotatable bonds is 8. The first-order chi connectivity index (χ1) is 14.3. The largest absolute Gasteiger partial charge is 0.493 e. The minimum atomic E-state index is -3.25. The van der Waals surface area contributed by atoms with Gasteiger partial charge in [0.15, 0.2) is 21.3 Å². The van der Waals surface area contributed by atoms with Crippen molar-refractivity contribution in [1.82, 2.24) is 10.2 Å². The van der Waals surface area contributed by atoms with Gasteiger partial charge in [0.05, 0.1) is 32.0 Å². The van der Waals surface area contributed by atoms with Crippen LogP contribution in [0.4, 0.5) is 6.01 Å². The fourth-order valence-corrected chi connectivity index (χ4v) is 3.37. The maximum Gasteiger partial charge on any atom is 0.322 e. The molecule has 0 aliphatic rings. The molecule has 30 heavy (non-hydrogen) atoms. The lowest BCUT2D eigenvalue weighted by atomic mass is 10.1. The molecule has 0 atom stereocenters. The van der Waals surface area contributed by atoms with Gasteiger partial charge in [-0.2, -0.15) is 0 Å². The summed E-state index contributed by atoms with van der Waals surface area (Å²) in [5, 5.41) is 10.3. The Labute approximate surface area is 174 Å². The van der Waals surface area contributed by atoms with Crippen LogP contribution in [0.3, 0.4) is 0 Å². The van der Waals surface area contributed by atoms with Gasteiger partial charge < -0.3 is 13.9 Å². The minimum Gasteiger partial charge on any atom is -0.493 e. The number of nitrogens with one attached hydrogen (secondary N) is 1. The number of methoxy groups -OCH3 is 2. The quantitative estimate of drug-likeness (QED) is 0.577. The molecule has 0 radical (unpaired) electrons. The number of sulfone groups is 1. The molecular weight excluding hydrogens is 410 g/mol. The molecule has 0 aliphatic carbocycles. The summed E-state index contributed by atoms with van der Waals surface area (Å²) in [6.07, 6.45) is 1.55. The summed E-state index contributed by atoms with van der Waals surface area (Å²) in [5.41, 5.74) is 1.53. The van der Waals surface area contributed by atoms with Crippen molar-refractivity contribution in [2.45, 2.75) is 17.7 Å². The SMILES string of the molecule is COc1ccc(CC(=O)Nc2nnc(Cc3ccc(S(C)(=O)=O)cc3)o2)cc1OC. The van der Waals surface area contributed by atoms with Crippen molar-refractivity contribution in [2.24, 2.45) is 0 Å². The second-order valence-corrected chi connectivity index (χ2v) is 8.52. The van der Waals surface area contributed by atoms with Crippen molar-refractivity contribution in [2.75, 3.05) is 25.8 Å². The van der Waals surface area contributed by atoms with E-state index in [4.69, 9.17) is 13.9 Å². The van der Waals surface area contributed by atoms with Crippen molar-refractivity contribution < 1.29 is 27.1 Å². The van der Waals surface area contributed by atoms with Gasteiger partial charge in [-0.3, -0.25) is 10.1 Å². The van der Waals surface area contributed by atoms with Crippen LogP contribution in [0, 0.1) is 0 Å². The normalized spacial score (nSPS) is 11.2. The third-order valence-electron chi connectivity index (χ3n) is 4.23. The van der Waals surface area contributed by atoms with E-state index in [0.717, 1.165) is 17.4 Å². The van der Waals surface area contributed by atoms with Crippen molar-refractivity contribution in [1.29, 1.82) is 0 Å². The molecule has 3 rings (SSSR count). The number of nitrogens with zero attached hydrogens (tertiary/aromatic N) is 2. The average molecular weight is 431 g/mol. The zero-order valence-corrected chi connectivity index (χ0v) is 17.5. The summed E-state index contributed by atoms with van der Waals surface area (Å²) in [7, 11) is -0.187. The Morgan fingerprint density at radius 3 is 2.30 bits per heavy atom. The predicted molar refractivity (Wildman–Crippen MR) is 109 cm³/mol. The lowest BCUT2D eigenvalue weighted by Gasteiger charge is -2.09. The fraction of sp³-hybridized carbons (Fsp3) is 0.250. The molecule has 9 nitrogen and oxygen atoms in total. The molecule has 1 heterocycles. The topological polar surface area (TPSA) is 121 Å². The average Bonchev–Trinajstić information content (AvgIpc) is 3.14. The third kappa shape index (κ3) is 5.35. The van der Waals surface area contributed by atoms with Gasteiger partial charge in [0.2, 0.25) is 11.8 Å². The molecule has 1 amide bonds. The first kappa shape index (κ1) is 21.3. The van der Waals surface area contributed by atoms with Crippen LogP contribution in [0.25, 0.3) is 0 Å². The van der Waals surface area contributed by atoms with Crippen LogP contribution in [0.15, 0.2) is 51.8 Å². The number of carbonyl (C=O) groups excluding carboxylic acids is 1. The molecule has 2 aromatic carbocycles. The van der Waals surface area contributed by atoms with E-state index < -0.39 is 9.84 Å². The Morgan fingerprint density at radius 2 is 1.67 bits per heavy atom. The number of ether oxygens (including phenoxy) is 2. The molecular formula is C20H21N3O6S. The zero-order chi connectivity index (χ0) is 21.7. The number of anilines is 1. The second kappa shape index (κ2) is 8.95. The summed E-state index contributed by atoms with van der Waals surface area (Å²) in [5.74, 6) is 1.08. The highest BCUT2D eigenvalue weighted by Gasteiger charge is 2.13. The van der Waals surface area contributed by atoms with E-state index in [1.54, 1.807) is 30.3 Å². The summed E-state index contributed by atoms with van der Waals surface area (Å²) >= 11 is 0. The molecule has 0 saturated carbocycles. The Balaban J connectivity index is 1.60. The molecule has 158 valence electrons. The van der Waals surface area contributed by atoms with E-state index in [-0.39, 0.29) is 23.2 Å². The van der Waals surface area contributed by atoms with Gasteiger partial charge in [-0.25, -0.2) is 8.42 Å². The summed E-state index contributed by atoms with van der Waals surface area (Å²) < 4.78 is 38.9. The van der Waals surface area contributed by atoms with E-state index in [1.165, 1.54) is 26.4 Å². The van der Waals surface area contributed by atoms with E-state index in [1.807, 2.05) is 0 Å². The van der Waals surface area contributed by atoms with E-state index >= 15 is 0 Å². The van der Waals surface area contributed by atoms with E-state index in [0.29, 0.717) is 23.8 Å². The smallest absolute Gasteiger partial charge is 0.322 e. The Hall–Kier alpha value is -3.40. The van der Waals surface area contributed by atoms with Gasteiger partial charge in [-0.1, -0.05) is 23.3 Å². The van der Waals surface area contributed by atoms with Crippen LogP contribution in [0.2, 0.25) is 0 Å². The van der Waals surface area contributed by atoms with Gasteiger partial charge in [-0.15, -0.1) is 5.10 Å².